The summed E-state index contributed by atoms with van der Waals surface area (Å²) < 4.78 is 39.7. The van der Waals surface area contributed by atoms with Crippen molar-refractivity contribution in [1.29, 1.82) is 0 Å². The van der Waals surface area contributed by atoms with E-state index in [2.05, 4.69) is 14.9 Å². The van der Waals surface area contributed by atoms with Crippen LogP contribution in [0.2, 0.25) is 0 Å². The van der Waals surface area contributed by atoms with Gasteiger partial charge in [-0.3, -0.25) is 5.10 Å². The van der Waals surface area contributed by atoms with E-state index in [1.165, 1.54) is 24.4 Å². The zero-order valence-corrected chi connectivity index (χ0v) is 10.7. The highest BCUT2D eigenvalue weighted by Crippen LogP contribution is 2.12. The molecule has 2 rings (SSSR count). The van der Waals surface area contributed by atoms with Crippen molar-refractivity contribution in [3.8, 4) is 0 Å². The maximum absolute atomic E-state index is 13.4. The summed E-state index contributed by atoms with van der Waals surface area (Å²) in [4.78, 5) is 0. The lowest BCUT2D eigenvalue weighted by Crippen LogP contribution is -2.25. The number of hydrogen-bond donors (Lipinski definition) is 3. The summed E-state index contributed by atoms with van der Waals surface area (Å²) in [6.07, 6.45) is 1.34. The van der Waals surface area contributed by atoms with E-state index in [1.807, 2.05) is 0 Å². The fourth-order valence-electron chi connectivity index (χ4n) is 1.56. The molecule has 8 heteroatoms. The zero-order valence-electron chi connectivity index (χ0n) is 9.93. The van der Waals surface area contributed by atoms with Crippen LogP contribution < -0.4 is 10.5 Å². The molecule has 0 aliphatic heterocycles. The Balaban J connectivity index is 2.17. The van der Waals surface area contributed by atoms with Crippen LogP contribution in [0, 0.1) is 5.82 Å². The zero-order chi connectivity index (χ0) is 13.9. The van der Waals surface area contributed by atoms with Gasteiger partial charge < -0.3 is 5.73 Å². The highest BCUT2D eigenvalue weighted by atomic mass is 32.2. The number of hydrogen-bond acceptors (Lipinski definition) is 4. The predicted molar refractivity (Wildman–Crippen MR) is 66.9 cm³/mol. The van der Waals surface area contributed by atoms with Gasteiger partial charge in [0.05, 0.1) is 6.20 Å². The van der Waals surface area contributed by atoms with E-state index in [4.69, 9.17) is 5.73 Å². The Morgan fingerprint density at radius 2 is 2.05 bits per heavy atom. The average Bonchev–Trinajstić information content (AvgIpc) is 2.87. The molecule has 0 aliphatic carbocycles. The minimum absolute atomic E-state index is 0.0481. The molecule has 4 N–H and O–H groups in total. The molecule has 1 aromatic heterocycles. The van der Waals surface area contributed by atoms with Crippen molar-refractivity contribution >= 4 is 10.0 Å². The molecule has 19 heavy (non-hydrogen) atoms. The molecule has 0 saturated carbocycles. The van der Waals surface area contributed by atoms with Gasteiger partial charge in [0, 0.05) is 24.2 Å². The summed E-state index contributed by atoms with van der Waals surface area (Å²) in [7, 11) is -3.79. The highest BCUT2D eigenvalue weighted by molar-refractivity contribution is 7.89. The van der Waals surface area contributed by atoms with Gasteiger partial charge in [0.1, 0.15) is 5.82 Å². The topological polar surface area (TPSA) is 101 Å². The molecule has 102 valence electrons. The number of sulfonamides is 1. The van der Waals surface area contributed by atoms with Crippen LogP contribution in [0.1, 0.15) is 11.1 Å². The van der Waals surface area contributed by atoms with Gasteiger partial charge in [-0.1, -0.05) is 18.2 Å². The second-order valence-electron chi connectivity index (χ2n) is 3.84. The number of nitrogens with one attached hydrogen (secondary N) is 2. The quantitative estimate of drug-likeness (QED) is 0.743. The van der Waals surface area contributed by atoms with E-state index in [-0.39, 0.29) is 23.7 Å². The lowest BCUT2D eigenvalue weighted by molar-refractivity contribution is 0.569. The van der Waals surface area contributed by atoms with E-state index in [0.717, 1.165) is 0 Å². The lowest BCUT2D eigenvalue weighted by atomic mass is 10.2. The molecular formula is C11H13FN4O2S. The summed E-state index contributed by atoms with van der Waals surface area (Å²) in [6, 6.07) is 5.95. The Bertz CT molecular complexity index is 669. The molecule has 6 nitrogen and oxygen atoms in total. The molecule has 0 aliphatic rings. The van der Waals surface area contributed by atoms with E-state index in [9.17, 15) is 12.8 Å². The van der Waals surface area contributed by atoms with Crippen LogP contribution in [-0.2, 0) is 23.1 Å². The number of benzene rings is 1. The molecule has 0 fully saturated rings. The first-order valence-electron chi connectivity index (χ1n) is 5.50. The first kappa shape index (κ1) is 13.7. The van der Waals surface area contributed by atoms with Gasteiger partial charge in [-0.05, 0) is 6.07 Å². The van der Waals surface area contributed by atoms with Gasteiger partial charge in [0.15, 0.2) is 5.03 Å². The van der Waals surface area contributed by atoms with Gasteiger partial charge in [0.2, 0.25) is 0 Å². The Morgan fingerprint density at radius 1 is 1.32 bits per heavy atom. The van der Waals surface area contributed by atoms with Crippen LogP contribution in [0.25, 0.3) is 0 Å². The molecule has 0 unspecified atom stereocenters. The minimum atomic E-state index is -3.79. The number of halogens is 1. The monoisotopic (exact) mass is 284 g/mol. The SMILES string of the molecule is NCc1cn[nH]c1S(=O)(=O)NCc1ccccc1F. The van der Waals surface area contributed by atoms with Crippen molar-refractivity contribution < 1.29 is 12.8 Å². The van der Waals surface area contributed by atoms with Crippen LogP contribution in [-0.4, -0.2) is 18.6 Å². The van der Waals surface area contributed by atoms with Crippen molar-refractivity contribution in [3.63, 3.8) is 0 Å². The maximum Gasteiger partial charge on any atom is 0.258 e. The van der Waals surface area contributed by atoms with Crippen molar-refractivity contribution in [2.75, 3.05) is 0 Å². The molecule has 0 spiro atoms. The third-order valence-electron chi connectivity index (χ3n) is 2.58. The smallest absolute Gasteiger partial charge is 0.258 e. The van der Waals surface area contributed by atoms with Gasteiger partial charge >= 0.3 is 0 Å². The summed E-state index contributed by atoms with van der Waals surface area (Å²) in [5.41, 5.74) is 6.05. The van der Waals surface area contributed by atoms with E-state index >= 15 is 0 Å². The predicted octanol–water partition coefficient (Wildman–Crippen LogP) is 0.486. The number of nitrogens with zero attached hydrogens (tertiary/aromatic N) is 1. The summed E-state index contributed by atoms with van der Waals surface area (Å²) in [6.45, 7) is -0.0928. The van der Waals surface area contributed by atoms with E-state index < -0.39 is 15.8 Å². The van der Waals surface area contributed by atoms with Gasteiger partial charge in [-0.25, -0.2) is 17.5 Å². The van der Waals surface area contributed by atoms with Crippen LogP contribution in [0.4, 0.5) is 4.39 Å². The number of nitrogens with two attached hydrogens (primary N) is 1. The molecule has 0 saturated heterocycles. The largest absolute Gasteiger partial charge is 0.326 e. The molecule has 2 aromatic rings. The number of aromatic amines is 1. The normalized spacial score (nSPS) is 11.7. The number of rotatable bonds is 5. The molecule has 0 atom stereocenters. The molecule has 0 bridgehead atoms. The molecular weight excluding hydrogens is 271 g/mol. The van der Waals surface area contributed by atoms with Crippen molar-refractivity contribution in [2.45, 2.75) is 18.1 Å². The number of H-pyrrole nitrogens is 1. The maximum atomic E-state index is 13.4. The van der Waals surface area contributed by atoms with Crippen molar-refractivity contribution in [1.82, 2.24) is 14.9 Å². The van der Waals surface area contributed by atoms with Crippen molar-refractivity contribution in [3.05, 3.63) is 47.4 Å². The number of aromatic nitrogens is 2. The molecule has 0 radical (unpaired) electrons. The summed E-state index contributed by atoms with van der Waals surface area (Å²) in [5.74, 6) is -0.464. The van der Waals surface area contributed by atoms with Gasteiger partial charge in [-0.2, -0.15) is 5.10 Å². The second-order valence-corrected chi connectivity index (χ2v) is 5.55. The van der Waals surface area contributed by atoms with Crippen LogP contribution >= 0.6 is 0 Å². The Labute approximate surface area is 109 Å². The van der Waals surface area contributed by atoms with Crippen molar-refractivity contribution in [2.24, 2.45) is 5.73 Å². The third kappa shape index (κ3) is 2.98. The third-order valence-corrected chi connectivity index (χ3v) is 3.99. The van der Waals surface area contributed by atoms with Crippen LogP contribution in [0.15, 0.2) is 35.5 Å². The van der Waals surface area contributed by atoms with E-state index in [1.54, 1.807) is 6.07 Å². The molecule has 1 heterocycles. The highest BCUT2D eigenvalue weighted by Gasteiger charge is 2.20. The second kappa shape index (κ2) is 5.47. The first-order chi connectivity index (χ1) is 9.04. The Morgan fingerprint density at radius 3 is 2.74 bits per heavy atom. The van der Waals surface area contributed by atoms with E-state index in [0.29, 0.717) is 5.56 Å². The summed E-state index contributed by atoms with van der Waals surface area (Å²) in [5, 5.41) is 5.92. The Kier molecular flexibility index (Phi) is 3.93. The van der Waals surface area contributed by atoms with Crippen LogP contribution in [0.5, 0.6) is 0 Å². The first-order valence-corrected chi connectivity index (χ1v) is 6.98. The molecule has 0 amide bonds. The van der Waals surface area contributed by atoms with Crippen LogP contribution in [0.3, 0.4) is 0 Å². The minimum Gasteiger partial charge on any atom is -0.326 e. The van der Waals surface area contributed by atoms with Gasteiger partial charge in [-0.15, -0.1) is 0 Å². The fraction of sp³-hybridized carbons (Fsp3) is 0.182. The fourth-order valence-corrected chi connectivity index (χ4v) is 2.71. The molecule has 1 aromatic carbocycles. The summed E-state index contributed by atoms with van der Waals surface area (Å²) >= 11 is 0. The average molecular weight is 284 g/mol. The standard InChI is InChI=1S/C11H13FN4O2S/c12-10-4-2-1-3-8(10)7-15-19(17,18)11-9(5-13)6-14-16-11/h1-4,6,15H,5,7,13H2,(H,14,16). The Hall–Kier alpha value is -1.77. The lowest BCUT2D eigenvalue weighted by Gasteiger charge is -2.07. The van der Waals surface area contributed by atoms with Gasteiger partial charge in [0.25, 0.3) is 10.0 Å².